The normalized spacial score (nSPS) is 11.9. The Morgan fingerprint density at radius 2 is 1.76 bits per heavy atom. The zero-order valence-corrected chi connectivity index (χ0v) is 19.9. The Morgan fingerprint density at radius 3 is 2.53 bits per heavy atom. The van der Waals surface area contributed by atoms with Crippen molar-refractivity contribution in [3.63, 3.8) is 0 Å². The monoisotopic (exact) mass is 487 g/mol. The van der Waals surface area contributed by atoms with Crippen LogP contribution in [-0.2, 0) is 18.3 Å². The van der Waals surface area contributed by atoms with Crippen molar-refractivity contribution in [2.24, 2.45) is 7.05 Å². The molecule has 0 radical (unpaired) electrons. The van der Waals surface area contributed by atoms with Crippen molar-refractivity contribution in [3.8, 4) is 0 Å². The lowest BCUT2D eigenvalue weighted by Crippen LogP contribution is -2.32. The molecule has 9 heteroatoms. The largest absolute Gasteiger partial charge is 0.342 e. The number of amides is 2. The molecule has 2 N–H and O–H groups in total. The number of nitrogens with one attached hydrogen (secondary N) is 2. The Bertz CT molecular complexity index is 1440. The van der Waals surface area contributed by atoms with Crippen LogP contribution in [0.4, 0.5) is 5.13 Å². The summed E-state index contributed by atoms with van der Waals surface area (Å²) in [4.78, 5) is 35.1. The highest BCUT2D eigenvalue weighted by molar-refractivity contribution is 7.14. The second kappa shape index (κ2) is 9.58. The van der Waals surface area contributed by atoms with Gasteiger partial charge in [-0.05, 0) is 29.1 Å². The zero-order valence-electron chi connectivity index (χ0n) is 18.3. The van der Waals surface area contributed by atoms with Crippen LogP contribution >= 0.6 is 22.7 Å². The molecule has 0 aliphatic carbocycles. The van der Waals surface area contributed by atoms with E-state index in [0.717, 1.165) is 22.4 Å². The third-order valence-corrected chi connectivity index (χ3v) is 7.05. The average Bonchev–Trinajstić information content (AvgIpc) is 3.60. The number of thiophene rings is 1. The summed E-state index contributed by atoms with van der Waals surface area (Å²) >= 11 is 2.66. The molecule has 3 aromatic heterocycles. The highest BCUT2D eigenvalue weighted by Crippen LogP contribution is 2.25. The maximum atomic E-state index is 13.0. The fraction of sp³-hybridized carbons (Fsp3) is 0.120. The second-order valence-electron chi connectivity index (χ2n) is 7.68. The maximum Gasteiger partial charge on any atom is 0.267 e. The molecule has 5 aromatic rings. The van der Waals surface area contributed by atoms with Crippen LogP contribution in [0.1, 0.15) is 32.8 Å². The second-order valence-corrected chi connectivity index (χ2v) is 9.49. The first-order valence-electron chi connectivity index (χ1n) is 10.6. The number of rotatable bonds is 7. The van der Waals surface area contributed by atoms with Gasteiger partial charge in [0.05, 0.1) is 28.0 Å². The predicted octanol–water partition coefficient (Wildman–Crippen LogP) is 4.79. The highest BCUT2D eigenvalue weighted by atomic mass is 32.1. The molecule has 2 amide bonds. The lowest BCUT2D eigenvalue weighted by Gasteiger charge is -2.19. The van der Waals surface area contributed by atoms with Gasteiger partial charge in [0.2, 0.25) is 5.91 Å². The fourth-order valence-corrected chi connectivity index (χ4v) is 5.08. The summed E-state index contributed by atoms with van der Waals surface area (Å²) in [6.45, 7) is 0. The molecule has 0 aliphatic heterocycles. The van der Waals surface area contributed by atoms with Gasteiger partial charge in [-0.15, -0.1) is 22.7 Å². The molecule has 1 unspecified atom stereocenters. The van der Waals surface area contributed by atoms with Crippen molar-refractivity contribution < 1.29 is 9.59 Å². The summed E-state index contributed by atoms with van der Waals surface area (Å²) in [5, 5.41) is 10.0. The van der Waals surface area contributed by atoms with Gasteiger partial charge in [-0.25, -0.2) is 9.97 Å². The Kier molecular flexibility index (Phi) is 6.20. The molecule has 2 aromatic carbocycles. The summed E-state index contributed by atoms with van der Waals surface area (Å²) < 4.78 is 2.01. The summed E-state index contributed by atoms with van der Waals surface area (Å²) in [6, 6.07) is 20.9. The lowest BCUT2D eigenvalue weighted by atomic mass is 10.1. The van der Waals surface area contributed by atoms with E-state index < -0.39 is 6.04 Å². The zero-order chi connectivity index (χ0) is 23.5. The van der Waals surface area contributed by atoms with Gasteiger partial charge in [0.25, 0.3) is 5.91 Å². The fourth-order valence-electron chi connectivity index (χ4n) is 3.75. The Balaban J connectivity index is 1.34. The molecular weight excluding hydrogens is 466 g/mol. The number of aryl methyl sites for hydroxylation is 1. The quantitative estimate of drug-likeness (QED) is 0.345. The third-order valence-electron chi connectivity index (χ3n) is 5.38. The predicted molar refractivity (Wildman–Crippen MR) is 135 cm³/mol. The number of aromatic nitrogens is 3. The van der Waals surface area contributed by atoms with Crippen molar-refractivity contribution in [2.75, 3.05) is 5.32 Å². The summed E-state index contributed by atoms with van der Waals surface area (Å²) in [5.74, 6) is 0.372. The summed E-state index contributed by atoms with van der Waals surface area (Å²) in [5.41, 5.74) is 3.41. The van der Waals surface area contributed by atoms with Gasteiger partial charge >= 0.3 is 0 Å². The van der Waals surface area contributed by atoms with E-state index in [-0.39, 0.29) is 18.2 Å². The number of para-hydroxylation sites is 2. The number of fused-ring (bicyclic) bond motifs is 1. The molecular formula is C25H21N5O2S2. The number of thiazole rings is 1. The molecule has 7 nitrogen and oxygen atoms in total. The van der Waals surface area contributed by atoms with Crippen molar-refractivity contribution in [1.29, 1.82) is 0 Å². The number of hydrogen-bond donors (Lipinski definition) is 2. The molecule has 0 bridgehead atoms. The van der Waals surface area contributed by atoms with E-state index in [9.17, 15) is 9.59 Å². The van der Waals surface area contributed by atoms with Crippen LogP contribution in [0.2, 0.25) is 0 Å². The summed E-state index contributed by atoms with van der Waals surface area (Å²) in [6.07, 6.45) is 0.0959. The molecule has 0 saturated carbocycles. The van der Waals surface area contributed by atoms with Crippen LogP contribution < -0.4 is 10.6 Å². The molecule has 0 fully saturated rings. The molecule has 5 rings (SSSR count). The molecule has 0 saturated heterocycles. The van der Waals surface area contributed by atoms with Crippen molar-refractivity contribution in [2.45, 2.75) is 12.5 Å². The van der Waals surface area contributed by atoms with Crippen LogP contribution in [0.5, 0.6) is 0 Å². The number of hydrogen-bond acceptors (Lipinski definition) is 6. The van der Waals surface area contributed by atoms with E-state index in [0.29, 0.717) is 15.7 Å². The van der Waals surface area contributed by atoms with Gasteiger partial charge in [-0.3, -0.25) is 14.9 Å². The van der Waals surface area contributed by atoms with Crippen molar-refractivity contribution >= 4 is 50.7 Å². The van der Waals surface area contributed by atoms with Crippen LogP contribution in [0.25, 0.3) is 11.0 Å². The van der Waals surface area contributed by atoms with Gasteiger partial charge < -0.3 is 9.88 Å². The minimum absolute atomic E-state index is 0.0959. The van der Waals surface area contributed by atoms with E-state index in [1.807, 2.05) is 77.7 Å². The highest BCUT2D eigenvalue weighted by Gasteiger charge is 2.23. The Labute approximate surface area is 204 Å². The number of anilines is 1. The minimum atomic E-state index is -0.414. The number of carbonyl (C=O) groups is 2. The van der Waals surface area contributed by atoms with E-state index in [1.165, 1.54) is 22.7 Å². The van der Waals surface area contributed by atoms with Crippen LogP contribution in [-0.4, -0.2) is 26.3 Å². The first kappa shape index (κ1) is 22.0. The standard InChI is InChI=1S/C25H21N5O2S2/c1-30-19-11-6-5-10-18(19)27-23(30)22(16-8-3-2-4-9-16)28-21(31)14-17-15-34-25(26-17)29-24(32)20-12-7-13-33-20/h2-13,15,22H,14H2,1H3,(H,28,31)(H,26,29,32). The topological polar surface area (TPSA) is 88.9 Å². The van der Waals surface area contributed by atoms with Gasteiger partial charge in [0, 0.05) is 12.4 Å². The first-order chi connectivity index (χ1) is 16.6. The number of benzene rings is 2. The average molecular weight is 488 g/mol. The van der Waals surface area contributed by atoms with Crippen LogP contribution in [0, 0.1) is 0 Å². The van der Waals surface area contributed by atoms with Gasteiger partial charge in [-0.2, -0.15) is 0 Å². The van der Waals surface area contributed by atoms with Gasteiger partial charge in [0.15, 0.2) is 5.13 Å². The number of carbonyl (C=O) groups excluding carboxylic acids is 2. The van der Waals surface area contributed by atoms with E-state index in [1.54, 1.807) is 11.4 Å². The number of nitrogens with zero attached hydrogens (tertiary/aromatic N) is 3. The van der Waals surface area contributed by atoms with Crippen LogP contribution in [0.3, 0.4) is 0 Å². The third kappa shape index (κ3) is 4.61. The van der Waals surface area contributed by atoms with E-state index in [2.05, 4.69) is 15.6 Å². The first-order valence-corrected chi connectivity index (χ1v) is 12.4. The van der Waals surface area contributed by atoms with Gasteiger partial charge in [0.1, 0.15) is 11.9 Å². The van der Waals surface area contributed by atoms with E-state index in [4.69, 9.17) is 4.98 Å². The molecule has 170 valence electrons. The van der Waals surface area contributed by atoms with E-state index >= 15 is 0 Å². The molecule has 0 spiro atoms. The maximum absolute atomic E-state index is 13.0. The Morgan fingerprint density at radius 1 is 0.971 bits per heavy atom. The van der Waals surface area contributed by atoms with Crippen molar-refractivity contribution in [3.05, 3.63) is 99.4 Å². The lowest BCUT2D eigenvalue weighted by molar-refractivity contribution is -0.121. The molecule has 3 heterocycles. The minimum Gasteiger partial charge on any atom is -0.342 e. The summed E-state index contributed by atoms with van der Waals surface area (Å²) in [7, 11) is 1.95. The smallest absolute Gasteiger partial charge is 0.267 e. The van der Waals surface area contributed by atoms with Crippen molar-refractivity contribution in [1.82, 2.24) is 19.9 Å². The molecule has 1 atom stereocenters. The van der Waals surface area contributed by atoms with Crippen LogP contribution in [0.15, 0.2) is 77.5 Å². The molecule has 34 heavy (non-hydrogen) atoms. The Hall–Kier alpha value is -3.82. The number of imidazole rings is 1. The molecule has 0 aliphatic rings. The van der Waals surface area contributed by atoms with Gasteiger partial charge in [-0.1, -0.05) is 48.5 Å². The SMILES string of the molecule is Cn1c(C(NC(=O)Cc2csc(NC(=O)c3cccs3)n2)c2ccccc2)nc2ccccc21.